The Hall–Kier alpha value is 1.65. The normalized spacial score (nSPS) is 7.06. The van der Waals surface area contributed by atoms with Crippen molar-refractivity contribution in [3.63, 3.8) is 0 Å². The van der Waals surface area contributed by atoms with Gasteiger partial charge in [-0.2, -0.15) is 0 Å². The first-order valence-electron chi connectivity index (χ1n) is 5.35. The summed E-state index contributed by atoms with van der Waals surface area (Å²) in [6.45, 7) is 7.33. The van der Waals surface area contributed by atoms with Crippen molar-refractivity contribution in [2.45, 2.75) is 39.5 Å². The number of unbranched alkanes of at least 4 members (excludes halogenated alkanes) is 2. The molecular formula is C10H30ClMnN2NaO2. The molecule has 1 radical (unpaired) electrons. The molecule has 7 heteroatoms. The van der Waals surface area contributed by atoms with Crippen molar-refractivity contribution in [1.82, 2.24) is 5.32 Å². The first-order valence-corrected chi connectivity index (χ1v) is 5.35. The number of nitrogens with one attached hydrogen (secondary N) is 1. The van der Waals surface area contributed by atoms with Gasteiger partial charge in [-0.05, 0) is 25.9 Å². The molecule has 0 aliphatic carbocycles. The molecule has 0 aliphatic rings. The van der Waals surface area contributed by atoms with Crippen LogP contribution >= 0.6 is 12.4 Å². The maximum Gasteiger partial charge on any atom is 1.00 e. The van der Waals surface area contributed by atoms with E-state index >= 15 is 0 Å². The third kappa shape index (κ3) is 57.8. The molecular weight excluding hydrogens is 294 g/mol. The molecule has 0 rings (SSSR count). The van der Waals surface area contributed by atoms with Crippen LogP contribution in [0.2, 0.25) is 0 Å². The summed E-state index contributed by atoms with van der Waals surface area (Å²) in [5, 5.41) is 11.1. The molecule has 0 unspecified atom stereocenters. The van der Waals surface area contributed by atoms with E-state index in [4.69, 9.17) is 10.8 Å². The van der Waals surface area contributed by atoms with Crippen molar-refractivity contribution in [3.05, 3.63) is 0 Å². The molecule has 0 saturated heterocycles. The minimum absolute atomic E-state index is 0. The largest absolute Gasteiger partial charge is 1.00 e. The summed E-state index contributed by atoms with van der Waals surface area (Å²) in [5.74, 6) is 0. The quantitative estimate of drug-likeness (QED) is 0.368. The molecule has 17 heavy (non-hydrogen) atoms. The standard InChI is InChI=1S/C8H19N.C2H7NO.ClH.Mn.Na.H2O.H/c1-3-5-7-9-8-6-4-2;3-1-2-4;;;;;/h9H,3-8H2,1-2H3;4H,1-3H2;1H;;;1H2;/q;;;;+1;;-1. The summed E-state index contributed by atoms with van der Waals surface area (Å²) in [7, 11) is 0. The number of aliphatic hydroxyl groups excluding tert-OH is 1. The summed E-state index contributed by atoms with van der Waals surface area (Å²) in [5.41, 5.74) is 4.78. The maximum atomic E-state index is 7.75. The van der Waals surface area contributed by atoms with Gasteiger partial charge in [-0.1, -0.05) is 26.7 Å². The van der Waals surface area contributed by atoms with E-state index in [-0.39, 0.29) is 72.5 Å². The smallest absolute Gasteiger partial charge is 1.00 e. The van der Waals surface area contributed by atoms with Crippen molar-refractivity contribution < 1.29 is 58.6 Å². The number of halogens is 1. The molecule has 0 atom stereocenters. The Labute approximate surface area is 147 Å². The third-order valence-corrected chi connectivity index (χ3v) is 1.54. The molecule has 0 aliphatic heterocycles. The zero-order valence-corrected chi connectivity index (χ0v) is 15.5. The van der Waals surface area contributed by atoms with Crippen LogP contribution in [-0.4, -0.2) is 36.8 Å². The number of rotatable bonds is 7. The number of nitrogens with two attached hydrogens (primary N) is 1. The molecule has 0 aromatic carbocycles. The molecule has 0 aromatic rings. The third-order valence-electron chi connectivity index (χ3n) is 1.54. The predicted molar refractivity (Wildman–Crippen MR) is 70.8 cm³/mol. The van der Waals surface area contributed by atoms with Crippen LogP contribution in [0.15, 0.2) is 0 Å². The van der Waals surface area contributed by atoms with Gasteiger partial charge in [0.1, 0.15) is 0 Å². The molecule has 0 spiro atoms. The Balaban J connectivity index is -0.0000000243. The number of hydrogen-bond acceptors (Lipinski definition) is 3. The van der Waals surface area contributed by atoms with Crippen molar-refractivity contribution in [3.8, 4) is 0 Å². The van der Waals surface area contributed by atoms with Gasteiger partial charge >= 0.3 is 29.6 Å². The van der Waals surface area contributed by atoms with Crippen LogP contribution in [0.25, 0.3) is 0 Å². The second-order valence-corrected chi connectivity index (χ2v) is 2.97. The van der Waals surface area contributed by atoms with Gasteiger partial charge in [0.05, 0.1) is 6.61 Å². The van der Waals surface area contributed by atoms with Crippen molar-refractivity contribution in [1.29, 1.82) is 0 Å². The van der Waals surface area contributed by atoms with Crippen LogP contribution in [0.5, 0.6) is 0 Å². The predicted octanol–water partition coefficient (Wildman–Crippen LogP) is -2.18. The molecule has 0 saturated carbocycles. The van der Waals surface area contributed by atoms with Crippen LogP contribution < -0.4 is 40.6 Å². The molecule has 107 valence electrons. The summed E-state index contributed by atoms with van der Waals surface area (Å²) < 4.78 is 0. The van der Waals surface area contributed by atoms with E-state index in [0.29, 0.717) is 6.54 Å². The van der Waals surface area contributed by atoms with Crippen LogP contribution in [-0.2, 0) is 17.1 Å². The maximum absolute atomic E-state index is 7.75. The molecule has 0 aromatic heterocycles. The molecule has 0 heterocycles. The number of aliphatic hydroxyl groups is 1. The zero-order valence-electron chi connectivity index (χ0n) is 12.5. The van der Waals surface area contributed by atoms with Crippen molar-refractivity contribution in [2.24, 2.45) is 5.73 Å². The Morgan fingerprint density at radius 1 is 1.12 bits per heavy atom. The van der Waals surface area contributed by atoms with Gasteiger partial charge in [-0.3, -0.25) is 0 Å². The van der Waals surface area contributed by atoms with Crippen molar-refractivity contribution in [2.75, 3.05) is 26.2 Å². The summed E-state index contributed by atoms with van der Waals surface area (Å²) >= 11 is 0. The van der Waals surface area contributed by atoms with Crippen LogP contribution in [0.4, 0.5) is 0 Å². The fourth-order valence-electron chi connectivity index (χ4n) is 0.729. The molecule has 0 fully saturated rings. The molecule has 0 bridgehead atoms. The first kappa shape index (κ1) is 36.3. The van der Waals surface area contributed by atoms with Gasteiger partial charge in [0.15, 0.2) is 0 Å². The van der Waals surface area contributed by atoms with E-state index in [1.807, 2.05) is 0 Å². The fourth-order valence-corrected chi connectivity index (χ4v) is 0.729. The van der Waals surface area contributed by atoms with Crippen LogP contribution in [0, 0.1) is 0 Å². The molecule has 6 N–H and O–H groups in total. The van der Waals surface area contributed by atoms with Gasteiger partial charge in [0.25, 0.3) is 0 Å². The van der Waals surface area contributed by atoms with Gasteiger partial charge in [-0.25, -0.2) is 0 Å². The van der Waals surface area contributed by atoms with Gasteiger partial charge < -0.3 is 23.1 Å². The van der Waals surface area contributed by atoms with E-state index < -0.39 is 0 Å². The Kier molecular flexibility index (Phi) is 92.1. The fraction of sp³-hybridized carbons (Fsp3) is 1.00. The van der Waals surface area contributed by atoms with Crippen LogP contribution in [0.1, 0.15) is 41.0 Å². The Bertz CT molecular complexity index is 86.9. The summed E-state index contributed by atoms with van der Waals surface area (Å²) in [4.78, 5) is 0. The molecule has 4 nitrogen and oxygen atoms in total. The summed E-state index contributed by atoms with van der Waals surface area (Å²) in [6, 6.07) is 0. The van der Waals surface area contributed by atoms with Crippen molar-refractivity contribution >= 4 is 12.4 Å². The van der Waals surface area contributed by atoms with E-state index in [1.165, 1.54) is 38.8 Å². The average Bonchev–Trinajstić information content (AvgIpc) is 2.18. The average molecular weight is 324 g/mol. The molecule has 0 amide bonds. The minimum atomic E-state index is 0. The Morgan fingerprint density at radius 2 is 1.41 bits per heavy atom. The van der Waals surface area contributed by atoms with E-state index in [9.17, 15) is 0 Å². The first-order chi connectivity index (χ1) is 6.33. The van der Waals surface area contributed by atoms with E-state index in [0.717, 1.165) is 0 Å². The second kappa shape index (κ2) is 43.1. The van der Waals surface area contributed by atoms with Gasteiger partial charge in [0.2, 0.25) is 0 Å². The van der Waals surface area contributed by atoms with Crippen LogP contribution in [0.3, 0.4) is 0 Å². The Morgan fingerprint density at radius 3 is 1.59 bits per heavy atom. The summed E-state index contributed by atoms with van der Waals surface area (Å²) in [6.07, 6.45) is 5.26. The van der Waals surface area contributed by atoms with E-state index in [2.05, 4.69) is 19.2 Å². The van der Waals surface area contributed by atoms with E-state index in [1.54, 1.807) is 0 Å². The second-order valence-electron chi connectivity index (χ2n) is 2.97. The van der Waals surface area contributed by atoms with Gasteiger partial charge in [-0.15, -0.1) is 12.4 Å². The van der Waals surface area contributed by atoms with Gasteiger partial charge in [0, 0.05) is 23.6 Å². The zero-order chi connectivity index (χ0) is 10.4. The monoisotopic (exact) mass is 323 g/mol. The number of hydrogen-bond donors (Lipinski definition) is 3. The SMILES string of the molecule is CCCCNCCCC.Cl.NCCO.O.[H-].[Mn].[Na+]. The topological polar surface area (TPSA) is 89.8 Å². The minimum Gasteiger partial charge on any atom is -1.00 e.